The standard InChI is InChI=1S/C12H19BrN4O/c1-8-3-2-4-12(18,5-8)7-16-10-9(13)6-15-11(14)17-10/h6,8,18H,2-5,7H2,1H3,(H3,14,15,16,17). The van der Waals surface area contributed by atoms with Crippen molar-refractivity contribution < 1.29 is 5.11 Å². The van der Waals surface area contributed by atoms with E-state index in [9.17, 15) is 5.11 Å². The lowest BCUT2D eigenvalue weighted by molar-refractivity contribution is -0.000837. The zero-order valence-corrected chi connectivity index (χ0v) is 12.1. The average molecular weight is 315 g/mol. The highest BCUT2D eigenvalue weighted by atomic mass is 79.9. The van der Waals surface area contributed by atoms with E-state index in [4.69, 9.17) is 5.73 Å². The Morgan fingerprint density at radius 3 is 3.17 bits per heavy atom. The normalized spacial score (nSPS) is 28.1. The van der Waals surface area contributed by atoms with Crippen molar-refractivity contribution in [2.45, 2.75) is 38.2 Å². The maximum absolute atomic E-state index is 10.5. The van der Waals surface area contributed by atoms with Crippen molar-refractivity contribution in [3.05, 3.63) is 10.7 Å². The number of nitrogens with zero attached hydrogens (tertiary/aromatic N) is 2. The molecule has 18 heavy (non-hydrogen) atoms. The van der Waals surface area contributed by atoms with Gasteiger partial charge in [0.25, 0.3) is 0 Å². The monoisotopic (exact) mass is 314 g/mol. The minimum Gasteiger partial charge on any atom is -0.388 e. The van der Waals surface area contributed by atoms with Crippen molar-refractivity contribution in [3.63, 3.8) is 0 Å². The molecule has 0 aliphatic heterocycles. The summed E-state index contributed by atoms with van der Waals surface area (Å²) in [6.45, 7) is 2.68. The Hall–Kier alpha value is -0.880. The summed E-state index contributed by atoms with van der Waals surface area (Å²) in [7, 11) is 0. The van der Waals surface area contributed by atoms with Gasteiger partial charge in [-0.1, -0.05) is 19.8 Å². The predicted octanol–water partition coefficient (Wildman–Crippen LogP) is 2.17. The second-order valence-electron chi connectivity index (χ2n) is 5.20. The molecule has 1 heterocycles. The summed E-state index contributed by atoms with van der Waals surface area (Å²) >= 11 is 3.36. The highest BCUT2D eigenvalue weighted by Gasteiger charge is 2.32. The zero-order chi connectivity index (χ0) is 13.2. The molecular formula is C12H19BrN4O. The lowest BCUT2D eigenvalue weighted by atomic mass is 9.79. The lowest BCUT2D eigenvalue weighted by Gasteiger charge is -2.35. The molecule has 1 aliphatic rings. The van der Waals surface area contributed by atoms with E-state index in [0.717, 1.165) is 23.7 Å². The number of aromatic nitrogens is 2. The van der Waals surface area contributed by atoms with Gasteiger partial charge in [-0.05, 0) is 34.7 Å². The third-order valence-corrected chi connectivity index (χ3v) is 4.00. The molecule has 0 aromatic carbocycles. The number of rotatable bonds is 3. The Morgan fingerprint density at radius 2 is 2.44 bits per heavy atom. The van der Waals surface area contributed by atoms with E-state index in [2.05, 4.69) is 38.1 Å². The predicted molar refractivity (Wildman–Crippen MR) is 75.2 cm³/mol. The van der Waals surface area contributed by atoms with Crippen LogP contribution in [-0.2, 0) is 0 Å². The molecule has 0 saturated heterocycles. The van der Waals surface area contributed by atoms with E-state index in [0.29, 0.717) is 18.3 Å². The molecule has 1 aliphatic carbocycles. The van der Waals surface area contributed by atoms with Gasteiger partial charge < -0.3 is 16.2 Å². The summed E-state index contributed by atoms with van der Waals surface area (Å²) in [5.74, 6) is 1.43. The molecule has 2 rings (SSSR count). The minimum atomic E-state index is -0.642. The fourth-order valence-corrected chi connectivity index (χ4v) is 2.88. The van der Waals surface area contributed by atoms with Crippen molar-refractivity contribution >= 4 is 27.7 Å². The van der Waals surface area contributed by atoms with E-state index in [1.54, 1.807) is 6.20 Å². The molecule has 2 unspecified atom stereocenters. The molecule has 5 nitrogen and oxygen atoms in total. The summed E-state index contributed by atoms with van der Waals surface area (Å²) in [5, 5.41) is 13.7. The second-order valence-corrected chi connectivity index (χ2v) is 6.06. The van der Waals surface area contributed by atoms with Crippen molar-refractivity contribution in [1.82, 2.24) is 9.97 Å². The van der Waals surface area contributed by atoms with Crippen LogP contribution >= 0.6 is 15.9 Å². The maximum Gasteiger partial charge on any atom is 0.221 e. The van der Waals surface area contributed by atoms with Crippen molar-refractivity contribution in [3.8, 4) is 0 Å². The third-order valence-electron chi connectivity index (χ3n) is 3.42. The van der Waals surface area contributed by atoms with E-state index in [1.165, 1.54) is 6.42 Å². The van der Waals surface area contributed by atoms with E-state index in [-0.39, 0.29) is 5.95 Å². The topological polar surface area (TPSA) is 84.1 Å². The van der Waals surface area contributed by atoms with Crippen LogP contribution in [0.5, 0.6) is 0 Å². The second kappa shape index (κ2) is 5.40. The quantitative estimate of drug-likeness (QED) is 0.796. The minimum absolute atomic E-state index is 0.227. The van der Waals surface area contributed by atoms with Crippen LogP contribution in [0.4, 0.5) is 11.8 Å². The van der Waals surface area contributed by atoms with Crippen molar-refractivity contribution in [2.24, 2.45) is 5.92 Å². The molecule has 0 bridgehead atoms. The number of hydrogen-bond acceptors (Lipinski definition) is 5. The molecule has 100 valence electrons. The molecule has 0 amide bonds. The fourth-order valence-electron chi connectivity index (χ4n) is 2.55. The van der Waals surface area contributed by atoms with Crippen LogP contribution in [0.1, 0.15) is 32.6 Å². The maximum atomic E-state index is 10.5. The largest absolute Gasteiger partial charge is 0.388 e. The molecule has 4 N–H and O–H groups in total. The van der Waals surface area contributed by atoms with E-state index in [1.807, 2.05) is 0 Å². The first-order valence-corrected chi connectivity index (χ1v) is 7.02. The smallest absolute Gasteiger partial charge is 0.221 e. The Bertz CT molecular complexity index is 429. The van der Waals surface area contributed by atoms with Gasteiger partial charge in [-0.2, -0.15) is 4.98 Å². The molecule has 1 saturated carbocycles. The van der Waals surface area contributed by atoms with Crippen LogP contribution in [0.25, 0.3) is 0 Å². The van der Waals surface area contributed by atoms with Gasteiger partial charge in [-0.3, -0.25) is 0 Å². The number of nitrogen functional groups attached to an aromatic ring is 1. The van der Waals surface area contributed by atoms with Crippen molar-refractivity contribution in [2.75, 3.05) is 17.6 Å². The van der Waals surface area contributed by atoms with Crippen LogP contribution in [-0.4, -0.2) is 27.2 Å². The molecule has 1 aromatic rings. The zero-order valence-electron chi connectivity index (χ0n) is 10.5. The number of halogens is 1. The number of nitrogens with two attached hydrogens (primary N) is 1. The summed E-state index contributed by atoms with van der Waals surface area (Å²) in [5.41, 5.74) is 4.90. The van der Waals surface area contributed by atoms with Gasteiger partial charge in [0.05, 0.1) is 10.1 Å². The van der Waals surface area contributed by atoms with Gasteiger partial charge in [-0.25, -0.2) is 4.98 Å². The highest BCUT2D eigenvalue weighted by molar-refractivity contribution is 9.10. The van der Waals surface area contributed by atoms with E-state index < -0.39 is 5.60 Å². The lowest BCUT2D eigenvalue weighted by Crippen LogP contribution is -2.41. The number of nitrogens with one attached hydrogen (secondary N) is 1. The van der Waals surface area contributed by atoms with Gasteiger partial charge in [0, 0.05) is 12.7 Å². The number of anilines is 2. The van der Waals surface area contributed by atoms with Gasteiger partial charge in [-0.15, -0.1) is 0 Å². The number of aliphatic hydroxyl groups is 1. The molecule has 1 fully saturated rings. The molecule has 2 atom stereocenters. The SMILES string of the molecule is CC1CCCC(O)(CNc2nc(N)ncc2Br)C1. The molecular weight excluding hydrogens is 296 g/mol. The van der Waals surface area contributed by atoms with Gasteiger partial charge >= 0.3 is 0 Å². The first-order chi connectivity index (χ1) is 8.48. The summed E-state index contributed by atoms with van der Waals surface area (Å²) in [4.78, 5) is 7.99. The van der Waals surface area contributed by atoms with Gasteiger partial charge in [0.2, 0.25) is 5.95 Å². The van der Waals surface area contributed by atoms with Crippen molar-refractivity contribution in [1.29, 1.82) is 0 Å². The van der Waals surface area contributed by atoms with Crippen LogP contribution < -0.4 is 11.1 Å². The first kappa shape index (κ1) is 13.5. The summed E-state index contributed by atoms with van der Waals surface area (Å²) < 4.78 is 0.754. The van der Waals surface area contributed by atoms with Crippen LogP contribution in [0, 0.1) is 5.92 Å². The molecule has 0 spiro atoms. The van der Waals surface area contributed by atoms with Gasteiger partial charge in [0.1, 0.15) is 5.82 Å². The Kier molecular flexibility index (Phi) is 4.07. The van der Waals surface area contributed by atoms with Crippen LogP contribution in [0.2, 0.25) is 0 Å². The summed E-state index contributed by atoms with van der Waals surface area (Å²) in [6, 6.07) is 0. The van der Waals surface area contributed by atoms with Crippen LogP contribution in [0.3, 0.4) is 0 Å². The highest BCUT2D eigenvalue weighted by Crippen LogP contribution is 2.32. The Labute approximate surface area is 115 Å². The molecule has 6 heteroatoms. The van der Waals surface area contributed by atoms with Gasteiger partial charge in [0.15, 0.2) is 0 Å². The molecule has 0 radical (unpaired) electrons. The number of hydrogen-bond donors (Lipinski definition) is 3. The average Bonchev–Trinajstić information content (AvgIpc) is 2.30. The molecule has 1 aromatic heterocycles. The summed E-state index contributed by atoms with van der Waals surface area (Å²) in [6.07, 6.45) is 5.55. The fraction of sp³-hybridized carbons (Fsp3) is 0.667. The Morgan fingerprint density at radius 1 is 1.67 bits per heavy atom. The van der Waals surface area contributed by atoms with Crippen LogP contribution in [0.15, 0.2) is 10.7 Å². The third kappa shape index (κ3) is 3.32. The Balaban J connectivity index is 2.00. The van der Waals surface area contributed by atoms with E-state index >= 15 is 0 Å². The first-order valence-electron chi connectivity index (χ1n) is 6.23.